The Balaban J connectivity index is 1.46. The van der Waals surface area contributed by atoms with E-state index in [9.17, 15) is 14.9 Å². The van der Waals surface area contributed by atoms with Crippen LogP contribution in [0.2, 0.25) is 0 Å². The molecule has 0 saturated heterocycles. The van der Waals surface area contributed by atoms with Gasteiger partial charge in [0, 0.05) is 32.6 Å². The molecule has 1 aromatic heterocycles. The van der Waals surface area contributed by atoms with Gasteiger partial charge < -0.3 is 9.47 Å². The summed E-state index contributed by atoms with van der Waals surface area (Å²) in [5, 5.41) is 16.0. The number of rotatable bonds is 8. The largest absolute Gasteiger partial charge is 0.493 e. The number of ether oxygens (including phenoxy) is 2. The van der Waals surface area contributed by atoms with Crippen LogP contribution < -0.4 is 15.0 Å². The molecular formula is C29H26Br2N4O5. The van der Waals surface area contributed by atoms with Crippen LogP contribution in [0.3, 0.4) is 0 Å². The maximum Gasteiger partial charge on any atom is 0.282 e. The molecule has 0 aliphatic heterocycles. The van der Waals surface area contributed by atoms with Gasteiger partial charge in [0.1, 0.15) is 12.4 Å². The van der Waals surface area contributed by atoms with E-state index in [4.69, 9.17) is 14.5 Å². The first-order chi connectivity index (χ1) is 19.3. The van der Waals surface area contributed by atoms with Crippen molar-refractivity contribution in [2.24, 2.45) is 5.10 Å². The highest BCUT2D eigenvalue weighted by Crippen LogP contribution is 2.34. The van der Waals surface area contributed by atoms with Crippen LogP contribution in [0.5, 0.6) is 11.5 Å². The Hall–Kier alpha value is -3.57. The van der Waals surface area contributed by atoms with Crippen LogP contribution >= 0.6 is 31.9 Å². The second kappa shape index (κ2) is 12.3. The summed E-state index contributed by atoms with van der Waals surface area (Å²) in [6.45, 7) is 0.201. The summed E-state index contributed by atoms with van der Waals surface area (Å²) in [5.74, 6) is 1.82. The summed E-state index contributed by atoms with van der Waals surface area (Å²) < 4.78 is 14.4. The van der Waals surface area contributed by atoms with Gasteiger partial charge in [-0.1, -0.05) is 35.2 Å². The highest BCUT2D eigenvalue weighted by atomic mass is 79.9. The van der Waals surface area contributed by atoms with Crippen molar-refractivity contribution in [3.05, 3.63) is 101 Å². The molecule has 0 radical (unpaired) electrons. The van der Waals surface area contributed by atoms with E-state index in [2.05, 4.69) is 37.0 Å². The minimum Gasteiger partial charge on any atom is -0.493 e. The number of nitro groups is 1. The molecule has 1 aliphatic carbocycles. The Bertz CT molecular complexity index is 1650. The van der Waals surface area contributed by atoms with Gasteiger partial charge >= 0.3 is 0 Å². The topological polar surface area (TPSA) is 109 Å². The number of hydrogen-bond acceptors (Lipinski definition) is 7. The van der Waals surface area contributed by atoms with Gasteiger partial charge in [-0.3, -0.25) is 14.9 Å². The van der Waals surface area contributed by atoms with Gasteiger partial charge in [0.15, 0.2) is 11.5 Å². The fraction of sp³-hybridized carbons (Fsp3) is 0.276. The van der Waals surface area contributed by atoms with Crippen LogP contribution in [0, 0.1) is 10.1 Å². The van der Waals surface area contributed by atoms with Crippen molar-refractivity contribution in [3.63, 3.8) is 0 Å². The van der Waals surface area contributed by atoms with Gasteiger partial charge in [0.05, 0.1) is 29.2 Å². The number of halogens is 2. The molecule has 3 aromatic carbocycles. The van der Waals surface area contributed by atoms with Crippen LogP contribution in [-0.4, -0.2) is 27.9 Å². The predicted octanol–water partition coefficient (Wildman–Crippen LogP) is 7.35. The molecule has 11 heteroatoms. The van der Waals surface area contributed by atoms with Crippen molar-refractivity contribution in [2.75, 3.05) is 7.11 Å². The first-order valence-corrected chi connectivity index (χ1v) is 14.4. The summed E-state index contributed by atoms with van der Waals surface area (Å²) in [6.07, 6.45) is 6.96. The number of benzene rings is 3. The standard InChI is InChI=1S/C29H26Br2N4O5/c1-39-26-13-20(24(31)15-27(26)40-17-18-7-10-22(11-8-18)35(37)38)16-32-34-28(19-5-3-2-4-6-19)33-25-12-9-21(30)14-23(25)29(34)36/h7-16,19H,2-6,17H2,1H3. The summed E-state index contributed by atoms with van der Waals surface area (Å²) in [6, 6.07) is 15.2. The van der Waals surface area contributed by atoms with E-state index in [0.29, 0.717) is 38.3 Å². The van der Waals surface area contributed by atoms with Crippen LogP contribution in [0.4, 0.5) is 5.69 Å². The molecule has 5 rings (SSSR count). The van der Waals surface area contributed by atoms with Crippen LogP contribution in [-0.2, 0) is 6.61 Å². The number of non-ortho nitro benzene ring substituents is 1. The average Bonchev–Trinajstić information content (AvgIpc) is 2.97. The fourth-order valence-electron chi connectivity index (χ4n) is 4.82. The van der Waals surface area contributed by atoms with Crippen molar-refractivity contribution in [1.29, 1.82) is 0 Å². The molecular weight excluding hydrogens is 644 g/mol. The maximum atomic E-state index is 13.6. The molecule has 0 atom stereocenters. The number of nitro benzene ring substituents is 1. The maximum absolute atomic E-state index is 13.6. The molecule has 1 aliphatic rings. The normalized spacial score (nSPS) is 14.1. The van der Waals surface area contributed by atoms with Gasteiger partial charge in [-0.05, 0) is 76.8 Å². The van der Waals surface area contributed by atoms with Crippen molar-refractivity contribution < 1.29 is 14.4 Å². The van der Waals surface area contributed by atoms with Crippen LogP contribution in [0.25, 0.3) is 10.9 Å². The van der Waals surface area contributed by atoms with Crippen molar-refractivity contribution in [1.82, 2.24) is 9.66 Å². The van der Waals surface area contributed by atoms with Crippen molar-refractivity contribution in [2.45, 2.75) is 44.6 Å². The van der Waals surface area contributed by atoms with E-state index in [1.807, 2.05) is 12.1 Å². The Kier molecular flexibility index (Phi) is 8.60. The van der Waals surface area contributed by atoms with Crippen molar-refractivity contribution in [3.8, 4) is 11.5 Å². The molecule has 206 valence electrons. The molecule has 1 heterocycles. The third-order valence-corrected chi connectivity index (χ3v) is 8.12. The van der Waals surface area contributed by atoms with E-state index >= 15 is 0 Å². The molecule has 0 amide bonds. The van der Waals surface area contributed by atoms with E-state index in [-0.39, 0.29) is 23.8 Å². The van der Waals surface area contributed by atoms with Crippen molar-refractivity contribution >= 4 is 54.7 Å². The van der Waals surface area contributed by atoms with Gasteiger partial charge in [-0.15, -0.1) is 0 Å². The highest BCUT2D eigenvalue weighted by molar-refractivity contribution is 9.10. The third-order valence-electron chi connectivity index (χ3n) is 6.94. The molecule has 40 heavy (non-hydrogen) atoms. The number of fused-ring (bicyclic) bond motifs is 1. The smallest absolute Gasteiger partial charge is 0.282 e. The van der Waals surface area contributed by atoms with E-state index in [0.717, 1.165) is 35.7 Å². The molecule has 0 bridgehead atoms. The summed E-state index contributed by atoms with van der Waals surface area (Å²) >= 11 is 7.04. The molecule has 0 N–H and O–H groups in total. The lowest BCUT2D eigenvalue weighted by Crippen LogP contribution is -2.25. The fourth-order valence-corrected chi connectivity index (χ4v) is 5.61. The molecule has 0 spiro atoms. The van der Waals surface area contributed by atoms with E-state index in [1.165, 1.54) is 23.2 Å². The average molecular weight is 670 g/mol. The second-order valence-electron chi connectivity index (χ2n) is 9.56. The lowest BCUT2D eigenvalue weighted by atomic mass is 9.88. The first-order valence-electron chi connectivity index (χ1n) is 12.8. The van der Waals surface area contributed by atoms with Crippen LogP contribution in [0.15, 0.2) is 73.4 Å². The molecule has 1 saturated carbocycles. The summed E-state index contributed by atoms with van der Waals surface area (Å²) in [5.41, 5.74) is 1.94. The van der Waals surface area contributed by atoms with Gasteiger partial charge in [-0.2, -0.15) is 9.78 Å². The number of aromatic nitrogens is 2. The molecule has 0 unspecified atom stereocenters. The third kappa shape index (κ3) is 6.10. The second-order valence-corrected chi connectivity index (χ2v) is 11.3. The van der Waals surface area contributed by atoms with Gasteiger partial charge in [-0.25, -0.2) is 4.98 Å². The molecule has 1 fully saturated rings. The lowest BCUT2D eigenvalue weighted by molar-refractivity contribution is -0.384. The minimum atomic E-state index is -0.440. The van der Waals surface area contributed by atoms with Crippen LogP contribution in [0.1, 0.15) is 55.0 Å². The first kappa shape index (κ1) is 28.0. The van der Waals surface area contributed by atoms with E-state index in [1.54, 1.807) is 43.7 Å². The number of hydrogen-bond donors (Lipinski definition) is 0. The summed E-state index contributed by atoms with van der Waals surface area (Å²) in [4.78, 5) is 28.9. The quantitative estimate of drug-likeness (QED) is 0.110. The van der Waals surface area contributed by atoms with E-state index < -0.39 is 4.92 Å². The Morgan fingerprint density at radius 1 is 1.07 bits per heavy atom. The highest BCUT2D eigenvalue weighted by Gasteiger charge is 2.22. The Labute approximate surface area is 247 Å². The van der Waals surface area contributed by atoms with Gasteiger partial charge in [0.2, 0.25) is 0 Å². The zero-order valence-corrected chi connectivity index (χ0v) is 24.9. The summed E-state index contributed by atoms with van der Waals surface area (Å²) in [7, 11) is 1.54. The van der Waals surface area contributed by atoms with Gasteiger partial charge in [0.25, 0.3) is 11.2 Å². The lowest BCUT2D eigenvalue weighted by Gasteiger charge is -2.22. The Morgan fingerprint density at radius 3 is 2.52 bits per heavy atom. The predicted molar refractivity (Wildman–Crippen MR) is 161 cm³/mol. The molecule has 4 aromatic rings. The monoisotopic (exact) mass is 668 g/mol. The SMILES string of the molecule is COc1cc(C=Nn2c(C3CCCCC3)nc3ccc(Br)cc3c2=O)c(Br)cc1OCc1ccc([N+](=O)[O-])cc1. The number of nitrogens with zero attached hydrogens (tertiary/aromatic N) is 4. The minimum absolute atomic E-state index is 0.0210. The number of methoxy groups -OCH3 is 1. The Morgan fingerprint density at radius 2 is 1.82 bits per heavy atom. The zero-order valence-electron chi connectivity index (χ0n) is 21.7. The molecule has 9 nitrogen and oxygen atoms in total. The zero-order chi connectivity index (χ0) is 28.2.